The maximum absolute atomic E-state index is 11.7. The Morgan fingerprint density at radius 3 is 2.91 bits per heavy atom. The van der Waals surface area contributed by atoms with E-state index < -0.39 is 5.97 Å². The van der Waals surface area contributed by atoms with Gasteiger partial charge in [-0.25, -0.2) is 4.98 Å². The number of H-pyrrole nitrogens is 1. The molecule has 0 amide bonds. The number of hydrogen-bond acceptors (Lipinski definition) is 4. The van der Waals surface area contributed by atoms with Gasteiger partial charge >= 0.3 is 5.97 Å². The van der Waals surface area contributed by atoms with Gasteiger partial charge in [-0.15, -0.1) is 0 Å². The molecule has 2 fully saturated rings. The second kappa shape index (κ2) is 5.62. The number of nitrogens with one attached hydrogen (secondary N) is 1. The number of rotatable bonds is 3. The topological polar surface area (TPSA) is 78.5 Å². The van der Waals surface area contributed by atoms with Crippen LogP contribution in [0.4, 0.5) is 0 Å². The first-order chi connectivity index (χ1) is 11.2. The maximum Gasteiger partial charge on any atom is 0.308 e. The summed E-state index contributed by atoms with van der Waals surface area (Å²) >= 11 is 0. The number of aromatic amines is 1. The highest BCUT2D eigenvalue weighted by Crippen LogP contribution is 2.44. The Morgan fingerprint density at radius 2 is 2.17 bits per heavy atom. The van der Waals surface area contributed by atoms with E-state index in [1.54, 1.807) is 0 Å². The number of carboxylic acid groups (broad SMARTS) is 1. The Balaban J connectivity index is 1.54. The van der Waals surface area contributed by atoms with E-state index in [9.17, 15) is 9.90 Å². The van der Waals surface area contributed by atoms with Crippen LogP contribution in [0.5, 0.6) is 0 Å². The van der Waals surface area contributed by atoms with Crippen LogP contribution < -0.4 is 0 Å². The number of benzene rings is 1. The molecule has 0 radical (unpaired) electrons. The molecule has 3 heterocycles. The monoisotopic (exact) mass is 315 g/mol. The smallest absolute Gasteiger partial charge is 0.308 e. The zero-order valence-electron chi connectivity index (χ0n) is 13.0. The van der Waals surface area contributed by atoms with Crippen molar-refractivity contribution in [2.75, 3.05) is 26.3 Å². The van der Waals surface area contributed by atoms with Crippen LogP contribution in [0, 0.1) is 11.3 Å². The third-order valence-electron chi connectivity index (χ3n) is 5.32. The van der Waals surface area contributed by atoms with Crippen LogP contribution in [-0.4, -0.2) is 52.2 Å². The van der Waals surface area contributed by atoms with Gasteiger partial charge in [0.2, 0.25) is 0 Å². The van der Waals surface area contributed by atoms with Crippen LogP contribution in [0.1, 0.15) is 18.7 Å². The van der Waals surface area contributed by atoms with Gasteiger partial charge in [0.25, 0.3) is 0 Å². The molecule has 6 nitrogen and oxygen atoms in total. The van der Waals surface area contributed by atoms with Crippen molar-refractivity contribution in [3.63, 3.8) is 0 Å². The van der Waals surface area contributed by atoms with Crippen LogP contribution in [0.25, 0.3) is 11.0 Å². The highest BCUT2D eigenvalue weighted by atomic mass is 16.5. The molecule has 2 aromatic rings. The highest BCUT2D eigenvalue weighted by Gasteiger charge is 2.50. The molecule has 1 spiro atoms. The molecule has 1 unspecified atom stereocenters. The van der Waals surface area contributed by atoms with Crippen LogP contribution in [-0.2, 0) is 16.1 Å². The lowest BCUT2D eigenvalue weighted by atomic mass is 9.72. The first-order valence-corrected chi connectivity index (χ1v) is 8.13. The van der Waals surface area contributed by atoms with E-state index in [0.717, 1.165) is 36.2 Å². The molecule has 2 aliphatic heterocycles. The number of aliphatic carboxylic acids is 1. The number of likely N-dealkylation sites (tertiary alicyclic amines) is 1. The normalized spacial score (nSPS) is 24.4. The van der Waals surface area contributed by atoms with E-state index in [1.165, 1.54) is 0 Å². The Hall–Kier alpha value is -1.92. The lowest BCUT2D eigenvalue weighted by Gasteiger charge is -2.36. The fourth-order valence-electron chi connectivity index (χ4n) is 4.11. The summed E-state index contributed by atoms with van der Waals surface area (Å²) in [5.41, 5.74) is 1.84. The van der Waals surface area contributed by atoms with Crippen molar-refractivity contribution < 1.29 is 14.6 Å². The summed E-state index contributed by atoms with van der Waals surface area (Å²) in [6, 6.07) is 7.95. The number of para-hydroxylation sites is 2. The van der Waals surface area contributed by atoms with Crippen molar-refractivity contribution in [2.45, 2.75) is 19.4 Å². The van der Waals surface area contributed by atoms with E-state index >= 15 is 0 Å². The average Bonchev–Trinajstić information content (AvgIpc) is 3.09. The van der Waals surface area contributed by atoms with E-state index in [-0.39, 0.29) is 11.3 Å². The van der Waals surface area contributed by atoms with Gasteiger partial charge in [0, 0.05) is 31.7 Å². The van der Waals surface area contributed by atoms with Gasteiger partial charge in [-0.05, 0) is 25.0 Å². The predicted molar refractivity (Wildman–Crippen MR) is 85.0 cm³/mol. The molecule has 23 heavy (non-hydrogen) atoms. The number of carbonyl (C=O) groups is 1. The third kappa shape index (κ3) is 2.62. The zero-order chi connectivity index (χ0) is 15.9. The van der Waals surface area contributed by atoms with Crippen molar-refractivity contribution in [3.05, 3.63) is 30.1 Å². The SMILES string of the molecule is O=C(O)C1CN(Cc2nc3ccccc3[nH]2)CC12CCOCC2. The molecule has 1 aromatic heterocycles. The Bertz CT molecular complexity index is 688. The number of fused-ring (bicyclic) bond motifs is 1. The lowest BCUT2D eigenvalue weighted by Crippen LogP contribution is -2.40. The van der Waals surface area contributed by atoms with E-state index in [2.05, 4.69) is 14.9 Å². The van der Waals surface area contributed by atoms with E-state index in [0.29, 0.717) is 26.3 Å². The van der Waals surface area contributed by atoms with Crippen LogP contribution >= 0.6 is 0 Å². The summed E-state index contributed by atoms with van der Waals surface area (Å²) in [5, 5.41) is 9.64. The fraction of sp³-hybridized carbons (Fsp3) is 0.529. The third-order valence-corrected chi connectivity index (χ3v) is 5.32. The lowest BCUT2D eigenvalue weighted by molar-refractivity contribution is -0.147. The summed E-state index contributed by atoms with van der Waals surface area (Å²) in [5.74, 6) is -0.0887. The molecule has 2 saturated heterocycles. The molecule has 0 bridgehead atoms. The summed E-state index contributed by atoms with van der Waals surface area (Å²) in [7, 11) is 0. The highest BCUT2D eigenvalue weighted by molar-refractivity contribution is 5.74. The first-order valence-electron chi connectivity index (χ1n) is 8.13. The van der Waals surface area contributed by atoms with Crippen LogP contribution in [0.2, 0.25) is 0 Å². The molecular weight excluding hydrogens is 294 g/mol. The van der Waals surface area contributed by atoms with Gasteiger partial charge < -0.3 is 14.8 Å². The molecular formula is C17H21N3O3. The maximum atomic E-state index is 11.7. The number of imidazole rings is 1. The van der Waals surface area contributed by atoms with Gasteiger partial charge in [0.1, 0.15) is 5.82 Å². The summed E-state index contributed by atoms with van der Waals surface area (Å²) < 4.78 is 5.45. The minimum absolute atomic E-state index is 0.143. The molecule has 2 aliphatic rings. The predicted octanol–water partition coefficient (Wildman–Crippen LogP) is 1.88. The summed E-state index contributed by atoms with van der Waals surface area (Å²) in [6.07, 6.45) is 1.67. The number of ether oxygens (including phenoxy) is 1. The van der Waals surface area contributed by atoms with Crippen LogP contribution in [0.15, 0.2) is 24.3 Å². The molecule has 1 atom stereocenters. The standard InChI is InChI=1S/C17H21N3O3/c21-16(22)12-9-20(11-17(12)5-7-23-8-6-17)10-15-18-13-3-1-2-4-14(13)19-15/h1-4,12H,5-11H2,(H,18,19)(H,21,22). The Kier molecular flexibility index (Phi) is 3.58. The van der Waals surface area contributed by atoms with Crippen molar-refractivity contribution in [3.8, 4) is 0 Å². The fourth-order valence-corrected chi connectivity index (χ4v) is 4.11. The van der Waals surface area contributed by atoms with Gasteiger partial charge in [-0.2, -0.15) is 0 Å². The molecule has 2 N–H and O–H groups in total. The van der Waals surface area contributed by atoms with Gasteiger partial charge in [-0.3, -0.25) is 9.69 Å². The number of nitrogens with zero attached hydrogens (tertiary/aromatic N) is 2. The molecule has 1 aromatic carbocycles. The van der Waals surface area contributed by atoms with Gasteiger partial charge in [0.05, 0.1) is 23.5 Å². The molecule has 4 rings (SSSR count). The van der Waals surface area contributed by atoms with Crippen molar-refractivity contribution in [1.29, 1.82) is 0 Å². The number of carboxylic acids is 1. The Labute approximate surface area is 134 Å². The second-order valence-electron chi connectivity index (χ2n) is 6.74. The Morgan fingerprint density at radius 1 is 1.39 bits per heavy atom. The molecule has 0 saturated carbocycles. The largest absolute Gasteiger partial charge is 0.481 e. The zero-order valence-corrected chi connectivity index (χ0v) is 13.0. The number of hydrogen-bond donors (Lipinski definition) is 2. The summed E-state index contributed by atoms with van der Waals surface area (Å²) in [4.78, 5) is 21.9. The molecule has 122 valence electrons. The van der Waals surface area contributed by atoms with E-state index in [1.807, 2.05) is 24.3 Å². The van der Waals surface area contributed by atoms with Crippen molar-refractivity contribution in [1.82, 2.24) is 14.9 Å². The van der Waals surface area contributed by atoms with Gasteiger partial charge in [-0.1, -0.05) is 12.1 Å². The molecule has 0 aliphatic carbocycles. The van der Waals surface area contributed by atoms with Crippen molar-refractivity contribution in [2.24, 2.45) is 11.3 Å². The second-order valence-corrected chi connectivity index (χ2v) is 6.74. The minimum atomic E-state index is -0.681. The summed E-state index contributed by atoms with van der Waals surface area (Å²) in [6.45, 7) is 3.41. The van der Waals surface area contributed by atoms with Crippen LogP contribution in [0.3, 0.4) is 0 Å². The minimum Gasteiger partial charge on any atom is -0.481 e. The number of aromatic nitrogens is 2. The molecule has 6 heteroatoms. The average molecular weight is 315 g/mol. The van der Waals surface area contributed by atoms with E-state index in [4.69, 9.17) is 4.74 Å². The van der Waals surface area contributed by atoms with Crippen molar-refractivity contribution >= 4 is 17.0 Å². The van der Waals surface area contributed by atoms with Gasteiger partial charge in [0.15, 0.2) is 0 Å². The first kappa shape index (κ1) is 14.7. The quantitative estimate of drug-likeness (QED) is 0.904.